The summed E-state index contributed by atoms with van der Waals surface area (Å²) in [6, 6.07) is 0. The molecular formula is C10H12N2O3S. The lowest BCUT2D eigenvalue weighted by Gasteiger charge is -2.13. The molecule has 0 unspecified atom stereocenters. The number of rotatable bonds is 3. The zero-order chi connectivity index (χ0) is 11.5. The number of thiazole rings is 1. The van der Waals surface area contributed by atoms with Crippen molar-refractivity contribution in [2.24, 2.45) is 0 Å². The number of amides is 1. The van der Waals surface area contributed by atoms with Gasteiger partial charge in [0.1, 0.15) is 12.3 Å². The van der Waals surface area contributed by atoms with Gasteiger partial charge in [-0.3, -0.25) is 4.90 Å². The van der Waals surface area contributed by atoms with Gasteiger partial charge in [-0.2, -0.15) is 0 Å². The predicted octanol–water partition coefficient (Wildman–Crippen LogP) is 2.44. The Morgan fingerprint density at radius 1 is 1.75 bits per heavy atom. The van der Waals surface area contributed by atoms with Crippen LogP contribution in [0.15, 0.2) is 6.08 Å². The molecule has 0 aliphatic carbocycles. The Bertz CT molecular complexity index is 428. The highest BCUT2D eigenvalue weighted by molar-refractivity contribution is 7.17. The Morgan fingerprint density at radius 3 is 3.19 bits per heavy atom. The van der Waals surface area contributed by atoms with Crippen LogP contribution in [0.1, 0.15) is 19.0 Å². The van der Waals surface area contributed by atoms with E-state index in [0.717, 1.165) is 6.42 Å². The van der Waals surface area contributed by atoms with Gasteiger partial charge in [0.2, 0.25) is 5.06 Å². The summed E-state index contributed by atoms with van der Waals surface area (Å²) in [6.45, 7) is 2.90. The molecular weight excluding hydrogens is 228 g/mol. The molecule has 0 aromatic carbocycles. The minimum Gasteiger partial charge on any atom is -0.478 e. The summed E-state index contributed by atoms with van der Waals surface area (Å²) >= 11 is 1.27. The number of anilines is 1. The molecule has 2 rings (SSSR count). The maximum Gasteiger partial charge on any atom is 0.413 e. The van der Waals surface area contributed by atoms with Crippen molar-refractivity contribution in [1.82, 2.24) is 4.98 Å². The van der Waals surface area contributed by atoms with Crippen LogP contribution in [0.2, 0.25) is 0 Å². The summed E-state index contributed by atoms with van der Waals surface area (Å²) in [4.78, 5) is 16.5. The minimum atomic E-state index is -0.975. The first-order valence-corrected chi connectivity index (χ1v) is 5.84. The average Bonchev–Trinajstić information content (AvgIpc) is 2.68. The van der Waals surface area contributed by atoms with Gasteiger partial charge in [-0.15, -0.1) is 0 Å². The fourth-order valence-corrected chi connectivity index (χ4v) is 2.35. The number of nitrogens with zero attached hydrogens (tertiary/aromatic N) is 2. The highest BCUT2D eigenvalue weighted by atomic mass is 32.1. The summed E-state index contributed by atoms with van der Waals surface area (Å²) in [5, 5.41) is 10.2. The molecule has 0 saturated heterocycles. The van der Waals surface area contributed by atoms with Gasteiger partial charge in [0.15, 0.2) is 5.13 Å². The van der Waals surface area contributed by atoms with Crippen molar-refractivity contribution in [2.75, 3.05) is 18.1 Å². The van der Waals surface area contributed by atoms with Gasteiger partial charge >= 0.3 is 6.09 Å². The van der Waals surface area contributed by atoms with Gasteiger partial charge in [-0.25, -0.2) is 9.78 Å². The number of ether oxygens (including phenoxy) is 1. The Kier molecular flexibility index (Phi) is 3.09. The van der Waals surface area contributed by atoms with Crippen LogP contribution in [0.3, 0.4) is 0 Å². The second kappa shape index (κ2) is 4.52. The molecule has 1 amide bonds. The van der Waals surface area contributed by atoms with E-state index in [0.29, 0.717) is 29.0 Å². The summed E-state index contributed by atoms with van der Waals surface area (Å²) in [5.41, 5.74) is 0.716. The van der Waals surface area contributed by atoms with Gasteiger partial charge in [-0.05, 0) is 18.6 Å². The number of hydrogen-bond donors (Lipinski definition) is 1. The van der Waals surface area contributed by atoms with Crippen molar-refractivity contribution in [3.63, 3.8) is 0 Å². The van der Waals surface area contributed by atoms with Crippen LogP contribution in [0, 0.1) is 0 Å². The Morgan fingerprint density at radius 2 is 2.56 bits per heavy atom. The Labute approximate surface area is 97.0 Å². The van der Waals surface area contributed by atoms with Crippen molar-refractivity contribution >= 4 is 28.6 Å². The fourth-order valence-electron chi connectivity index (χ4n) is 1.41. The summed E-state index contributed by atoms with van der Waals surface area (Å²) in [5.74, 6) is 0. The van der Waals surface area contributed by atoms with E-state index in [1.165, 1.54) is 16.2 Å². The highest BCUT2D eigenvalue weighted by Gasteiger charge is 2.21. The SMILES string of the molecule is CCCN(C(=O)O)c1nc2c(s1)OCC=C2. The third-order valence-corrected chi connectivity index (χ3v) is 3.11. The molecule has 1 N–H and O–H groups in total. The maximum absolute atomic E-state index is 11.0. The number of carbonyl (C=O) groups is 1. The summed E-state index contributed by atoms with van der Waals surface area (Å²) in [7, 11) is 0. The first kappa shape index (κ1) is 10.9. The lowest BCUT2D eigenvalue weighted by molar-refractivity contribution is 0.202. The fraction of sp³-hybridized carbons (Fsp3) is 0.400. The molecule has 86 valence electrons. The van der Waals surface area contributed by atoms with Gasteiger partial charge in [0.25, 0.3) is 0 Å². The van der Waals surface area contributed by atoms with Crippen molar-refractivity contribution in [3.8, 4) is 5.06 Å². The maximum atomic E-state index is 11.0. The second-order valence-corrected chi connectivity index (χ2v) is 4.26. The molecule has 2 heterocycles. The topological polar surface area (TPSA) is 62.7 Å². The molecule has 1 aromatic heterocycles. The first-order chi connectivity index (χ1) is 7.72. The molecule has 0 spiro atoms. The summed E-state index contributed by atoms with van der Waals surface area (Å²) < 4.78 is 5.36. The van der Waals surface area contributed by atoms with E-state index in [9.17, 15) is 4.79 Å². The van der Waals surface area contributed by atoms with Crippen LogP contribution in [0.25, 0.3) is 6.08 Å². The zero-order valence-electron chi connectivity index (χ0n) is 8.84. The normalized spacial score (nSPS) is 13.1. The van der Waals surface area contributed by atoms with Crippen molar-refractivity contribution in [3.05, 3.63) is 11.8 Å². The van der Waals surface area contributed by atoms with Crippen LogP contribution < -0.4 is 9.64 Å². The van der Waals surface area contributed by atoms with E-state index >= 15 is 0 Å². The van der Waals surface area contributed by atoms with E-state index < -0.39 is 6.09 Å². The lowest BCUT2D eigenvalue weighted by atomic mass is 10.4. The van der Waals surface area contributed by atoms with Gasteiger partial charge in [0.05, 0.1) is 0 Å². The molecule has 0 saturated carbocycles. The number of carboxylic acid groups (broad SMARTS) is 1. The number of aromatic nitrogens is 1. The Balaban J connectivity index is 2.28. The van der Waals surface area contributed by atoms with E-state index in [1.54, 1.807) is 0 Å². The van der Waals surface area contributed by atoms with Gasteiger partial charge in [0, 0.05) is 6.54 Å². The average molecular weight is 240 g/mol. The zero-order valence-corrected chi connectivity index (χ0v) is 9.66. The quantitative estimate of drug-likeness (QED) is 0.881. The van der Waals surface area contributed by atoms with Gasteiger partial charge < -0.3 is 9.84 Å². The van der Waals surface area contributed by atoms with E-state index in [-0.39, 0.29) is 0 Å². The molecule has 0 fully saturated rings. The Hall–Kier alpha value is -1.56. The van der Waals surface area contributed by atoms with Crippen LogP contribution in [0.4, 0.5) is 9.93 Å². The molecule has 0 radical (unpaired) electrons. The van der Waals surface area contributed by atoms with Crippen LogP contribution in [-0.2, 0) is 0 Å². The molecule has 0 bridgehead atoms. The molecule has 16 heavy (non-hydrogen) atoms. The molecule has 5 nitrogen and oxygen atoms in total. The third-order valence-electron chi connectivity index (χ3n) is 2.10. The van der Waals surface area contributed by atoms with Crippen LogP contribution in [0.5, 0.6) is 5.06 Å². The van der Waals surface area contributed by atoms with Crippen molar-refractivity contribution < 1.29 is 14.6 Å². The largest absolute Gasteiger partial charge is 0.478 e. The van der Waals surface area contributed by atoms with Crippen molar-refractivity contribution in [1.29, 1.82) is 0 Å². The minimum absolute atomic E-state index is 0.450. The molecule has 0 atom stereocenters. The predicted molar refractivity (Wildman–Crippen MR) is 62.3 cm³/mol. The second-order valence-electron chi connectivity index (χ2n) is 3.32. The smallest absolute Gasteiger partial charge is 0.413 e. The third kappa shape index (κ3) is 2.01. The molecule has 1 aliphatic heterocycles. The van der Waals surface area contributed by atoms with Crippen LogP contribution >= 0.6 is 11.3 Å². The van der Waals surface area contributed by atoms with E-state index in [1.807, 2.05) is 19.1 Å². The number of fused-ring (bicyclic) bond motifs is 1. The van der Waals surface area contributed by atoms with E-state index in [4.69, 9.17) is 9.84 Å². The molecule has 1 aliphatic rings. The van der Waals surface area contributed by atoms with E-state index in [2.05, 4.69) is 4.98 Å². The van der Waals surface area contributed by atoms with Gasteiger partial charge in [-0.1, -0.05) is 18.3 Å². The lowest BCUT2D eigenvalue weighted by Crippen LogP contribution is -2.29. The molecule has 6 heteroatoms. The highest BCUT2D eigenvalue weighted by Crippen LogP contribution is 2.35. The standard InChI is InChI=1S/C10H12N2O3S/c1-2-5-12(10(13)14)9-11-7-4-3-6-15-8(7)16-9/h3-4H,2,5-6H2,1H3,(H,13,14). The molecule has 1 aromatic rings. The number of hydrogen-bond acceptors (Lipinski definition) is 4. The monoisotopic (exact) mass is 240 g/mol. The van der Waals surface area contributed by atoms with Crippen molar-refractivity contribution in [2.45, 2.75) is 13.3 Å². The van der Waals surface area contributed by atoms with Crippen LogP contribution in [-0.4, -0.2) is 29.3 Å². The first-order valence-electron chi connectivity index (χ1n) is 5.03. The summed E-state index contributed by atoms with van der Waals surface area (Å²) in [6.07, 6.45) is 3.49.